The quantitative estimate of drug-likeness (QED) is 0.218. The number of benzene rings is 3. The largest absolute Gasteiger partial charge is 0.311 e. The van der Waals surface area contributed by atoms with Crippen molar-refractivity contribution in [3.8, 4) is 0 Å². The molecule has 0 fully saturated rings. The third-order valence-corrected chi connectivity index (χ3v) is 9.24. The van der Waals surface area contributed by atoms with Crippen molar-refractivity contribution in [3.05, 3.63) is 106 Å². The minimum absolute atomic E-state index is 0.0225. The average Bonchev–Trinajstić information content (AvgIpc) is 3.29. The van der Waals surface area contributed by atoms with E-state index < -0.39 is 11.8 Å². The number of H-pyrrole nitrogens is 1. The van der Waals surface area contributed by atoms with E-state index in [2.05, 4.69) is 29.3 Å². The highest BCUT2D eigenvalue weighted by Gasteiger charge is 2.39. The molecule has 45 heavy (non-hydrogen) atoms. The number of para-hydroxylation sites is 3. The topological polar surface area (TPSA) is 89.6 Å². The summed E-state index contributed by atoms with van der Waals surface area (Å²) in [4.78, 5) is 48.4. The first-order valence-corrected chi connectivity index (χ1v) is 15.9. The number of aryl methyl sites for hydroxylation is 3. The summed E-state index contributed by atoms with van der Waals surface area (Å²) in [6.07, 6.45) is 8.25. The van der Waals surface area contributed by atoms with Gasteiger partial charge in [-0.25, -0.2) is 0 Å². The maximum Gasteiger partial charge on any atom is 0.268 e. The van der Waals surface area contributed by atoms with Crippen LogP contribution < -0.4 is 14.7 Å². The molecule has 3 aromatic carbocycles. The van der Waals surface area contributed by atoms with E-state index in [4.69, 9.17) is 0 Å². The number of fused-ring (bicyclic) bond motifs is 3. The smallest absolute Gasteiger partial charge is 0.268 e. The Morgan fingerprint density at radius 1 is 0.822 bits per heavy atom. The second kappa shape index (κ2) is 11.8. The van der Waals surface area contributed by atoms with E-state index in [9.17, 15) is 14.4 Å². The summed E-state index contributed by atoms with van der Waals surface area (Å²) in [5.74, 6) is -1.14. The van der Waals surface area contributed by atoms with Crippen LogP contribution >= 0.6 is 0 Å². The number of anilines is 4. The first kappa shape index (κ1) is 28.8. The summed E-state index contributed by atoms with van der Waals surface area (Å²) in [6, 6.07) is 20.9. The lowest BCUT2D eigenvalue weighted by atomic mass is 9.95. The highest BCUT2D eigenvalue weighted by atomic mass is 16.2. The molecule has 0 spiro atoms. The molecular formula is C37H37N5O3. The van der Waals surface area contributed by atoms with Crippen LogP contribution in [0, 0.1) is 13.8 Å². The predicted octanol–water partition coefficient (Wildman–Crippen LogP) is 6.37. The lowest BCUT2D eigenvalue weighted by Crippen LogP contribution is -2.44. The molecule has 228 valence electrons. The van der Waals surface area contributed by atoms with E-state index in [1.54, 1.807) is 11.0 Å². The lowest BCUT2D eigenvalue weighted by Gasteiger charge is -2.29. The number of aromatic nitrogens is 2. The SMILES string of the molecule is Cc1cc(C)c2c(c1)N(C(=O)CN1C(=O)C(=Cc3n[nH]c4c3CCCC4)C(=O)N(c3ccccc3)c3ccccc31)CCCC2. The zero-order valence-corrected chi connectivity index (χ0v) is 25.8. The van der Waals surface area contributed by atoms with Crippen molar-refractivity contribution in [1.82, 2.24) is 10.2 Å². The van der Waals surface area contributed by atoms with Crippen molar-refractivity contribution < 1.29 is 14.4 Å². The summed E-state index contributed by atoms with van der Waals surface area (Å²) < 4.78 is 0. The number of carbonyl (C=O) groups excluding carboxylic acids is 3. The molecule has 0 radical (unpaired) electrons. The van der Waals surface area contributed by atoms with Crippen molar-refractivity contribution in [2.45, 2.75) is 58.8 Å². The van der Waals surface area contributed by atoms with E-state index in [1.165, 1.54) is 16.0 Å². The molecule has 3 heterocycles. The van der Waals surface area contributed by atoms with Crippen molar-refractivity contribution in [2.24, 2.45) is 0 Å². The number of hydrogen-bond acceptors (Lipinski definition) is 4. The van der Waals surface area contributed by atoms with E-state index in [0.717, 1.165) is 67.5 Å². The van der Waals surface area contributed by atoms with Crippen LogP contribution in [0.15, 0.2) is 72.3 Å². The Hall–Kier alpha value is -4.98. The van der Waals surface area contributed by atoms with Crippen LogP contribution in [0.4, 0.5) is 22.7 Å². The fourth-order valence-electron chi connectivity index (χ4n) is 7.05. The third-order valence-electron chi connectivity index (χ3n) is 9.24. The molecule has 1 aliphatic carbocycles. The first-order valence-electron chi connectivity index (χ1n) is 15.9. The summed E-state index contributed by atoms with van der Waals surface area (Å²) >= 11 is 0. The van der Waals surface area contributed by atoms with Crippen LogP contribution in [0.25, 0.3) is 6.08 Å². The van der Waals surface area contributed by atoms with Gasteiger partial charge in [-0.2, -0.15) is 5.10 Å². The van der Waals surface area contributed by atoms with E-state index in [1.807, 2.05) is 66.4 Å². The van der Waals surface area contributed by atoms with Gasteiger partial charge in [0.1, 0.15) is 12.1 Å². The van der Waals surface area contributed by atoms with Crippen molar-refractivity contribution in [3.63, 3.8) is 0 Å². The van der Waals surface area contributed by atoms with Crippen molar-refractivity contribution in [2.75, 3.05) is 27.8 Å². The van der Waals surface area contributed by atoms with Gasteiger partial charge < -0.3 is 4.90 Å². The van der Waals surface area contributed by atoms with Gasteiger partial charge in [-0.05, 0) is 112 Å². The standard InChI is InChI=1S/C37H37N5O3/c1-24-20-25(2)27-14-10-11-19-40(34(27)21-24)35(43)23-41-32-17-8-9-18-33(32)42(26-12-4-3-5-13-26)37(45)29(36(41)44)22-31-28-15-6-7-16-30(28)38-39-31/h3-5,8-9,12-13,17-18,20-22H,6-7,10-11,14-16,19,23H2,1-2H3,(H,38,39). The minimum Gasteiger partial charge on any atom is -0.311 e. The summed E-state index contributed by atoms with van der Waals surface area (Å²) in [5, 5.41) is 7.66. The lowest BCUT2D eigenvalue weighted by molar-refractivity contribution is -0.123. The zero-order valence-electron chi connectivity index (χ0n) is 25.8. The Morgan fingerprint density at radius 2 is 1.53 bits per heavy atom. The minimum atomic E-state index is -0.512. The molecule has 0 atom stereocenters. The van der Waals surface area contributed by atoms with Crippen molar-refractivity contribution in [1.29, 1.82) is 0 Å². The number of rotatable bonds is 4. The van der Waals surface area contributed by atoms with Gasteiger partial charge in [0.05, 0.1) is 17.1 Å². The van der Waals surface area contributed by atoms with Crippen LogP contribution in [-0.2, 0) is 33.6 Å². The number of nitrogens with zero attached hydrogens (tertiary/aromatic N) is 4. The highest BCUT2D eigenvalue weighted by molar-refractivity contribution is 6.35. The van der Waals surface area contributed by atoms with Crippen LogP contribution in [0.1, 0.15) is 59.3 Å². The fourth-order valence-corrected chi connectivity index (χ4v) is 7.05. The van der Waals surface area contributed by atoms with Gasteiger partial charge >= 0.3 is 0 Å². The molecule has 3 amide bonds. The highest BCUT2D eigenvalue weighted by Crippen LogP contribution is 2.40. The summed E-state index contributed by atoms with van der Waals surface area (Å²) in [6.45, 7) is 4.52. The molecule has 7 rings (SSSR count). The second-order valence-corrected chi connectivity index (χ2v) is 12.3. The van der Waals surface area contributed by atoms with Crippen LogP contribution in [0.3, 0.4) is 0 Å². The molecule has 2 aliphatic heterocycles. The van der Waals surface area contributed by atoms with Gasteiger partial charge in [0.2, 0.25) is 5.91 Å². The molecule has 8 heteroatoms. The Morgan fingerprint density at radius 3 is 2.36 bits per heavy atom. The number of nitrogens with one attached hydrogen (secondary N) is 1. The van der Waals surface area contributed by atoms with Crippen LogP contribution in [0.5, 0.6) is 0 Å². The molecule has 0 bridgehead atoms. The maximum atomic E-state index is 14.6. The van der Waals surface area contributed by atoms with Gasteiger partial charge in [0, 0.05) is 29.2 Å². The molecule has 0 saturated carbocycles. The van der Waals surface area contributed by atoms with Crippen LogP contribution in [-0.4, -0.2) is 41.0 Å². The molecule has 8 nitrogen and oxygen atoms in total. The van der Waals surface area contributed by atoms with Gasteiger partial charge in [-0.3, -0.25) is 29.3 Å². The monoisotopic (exact) mass is 599 g/mol. The van der Waals surface area contributed by atoms with E-state index in [-0.39, 0.29) is 18.0 Å². The average molecular weight is 600 g/mol. The number of aromatic amines is 1. The predicted molar refractivity (Wildman–Crippen MR) is 177 cm³/mol. The summed E-state index contributed by atoms with van der Waals surface area (Å²) in [7, 11) is 0. The fraction of sp³-hybridized carbons (Fsp3) is 0.297. The van der Waals surface area contributed by atoms with Crippen LogP contribution in [0.2, 0.25) is 0 Å². The normalized spacial score (nSPS) is 17.5. The Kier molecular flexibility index (Phi) is 7.57. The molecule has 3 aliphatic rings. The van der Waals surface area contributed by atoms with E-state index in [0.29, 0.717) is 29.3 Å². The van der Waals surface area contributed by atoms with Gasteiger partial charge in [-0.15, -0.1) is 0 Å². The van der Waals surface area contributed by atoms with Crippen molar-refractivity contribution >= 4 is 46.5 Å². The number of carbonyl (C=O) groups is 3. The van der Waals surface area contributed by atoms with E-state index >= 15 is 0 Å². The van der Waals surface area contributed by atoms with Gasteiger partial charge in [-0.1, -0.05) is 36.4 Å². The van der Waals surface area contributed by atoms with Gasteiger partial charge in [0.25, 0.3) is 11.8 Å². The maximum absolute atomic E-state index is 14.6. The Labute approximate surface area is 263 Å². The second-order valence-electron chi connectivity index (χ2n) is 12.3. The summed E-state index contributed by atoms with van der Waals surface area (Å²) in [5.41, 5.74) is 8.77. The molecule has 1 aromatic heterocycles. The molecular weight excluding hydrogens is 562 g/mol. The molecule has 4 aromatic rings. The number of hydrogen-bond donors (Lipinski definition) is 1. The number of amides is 3. The zero-order chi connectivity index (χ0) is 31.1. The molecule has 0 saturated heterocycles. The first-order chi connectivity index (χ1) is 21.9. The van der Waals surface area contributed by atoms with Gasteiger partial charge in [0.15, 0.2) is 0 Å². The Balaban J connectivity index is 1.35. The molecule has 1 N–H and O–H groups in total. The molecule has 0 unspecified atom stereocenters. The Bertz CT molecular complexity index is 1840. The third kappa shape index (κ3) is 5.24.